The highest BCUT2D eigenvalue weighted by molar-refractivity contribution is 5.87. The summed E-state index contributed by atoms with van der Waals surface area (Å²) in [4.78, 5) is 36.4. The van der Waals surface area contributed by atoms with Crippen LogP contribution in [0.2, 0.25) is 0 Å². The van der Waals surface area contributed by atoms with Crippen LogP contribution in [0.1, 0.15) is 12.5 Å². The molecule has 0 saturated carbocycles. The Labute approximate surface area is 172 Å². The zero-order chi connectivity index (χ0) is 22.3. The van der Waals surface area contributed by atoms with Crippen LogP contribution in [0.3, 0.4) is 0 Å². The van der Waals surface area contributed by atoms with Crippen molar-refractivity contribution in [3.63, 3.8) is 0 Å². The molecule has 2 amide bonds. The first-order valence-corrected chi connectivity index (χ1v) is 8.98. The summed E-state index contributed by atoms with van der Waals surface area (Å²) in [6, 6.07) is 8.88. The van der Waals surface area contributed by atoms with Crippen molar-refractivity contribution < 1.29 is 28.4 Å². The maximum Gasteiger partial charge on any atom is 0.311 e. The Morgan fingerprint density at radius 3 is 2.57 bits per heavy atom. The van der Waals surface area contributed by atoms with E-state index in [1.165, 1.54) is 62.4 Å². The fourth-order valence-corrected chi connectivity index (χ4v) is 2.73. The Hall–Kier alpha value is -3.69. The number of nitro groups is 1. The molecule has 0 radical (unpaired) electrons. The van der Waals surface area contributed by atoms with Crippen LogP contribution in [-0.4, -0.2) is 48.4 Å². The summed E-state index contributed by atoms with van der Waals surface area (Å²) >= 11 is 0. The van der Waals surface area contributed by atoms with Crippen LogP contribution < -0.4 is 14.8 Å². The second kappa shape index (κ2) is 10.2. The van der Waals surface area contributed by atoms with Gasteiger partial charge in [-0.15, -0.1) is 0 Å². The van der Waals surface area contributed by atoms with E-state index in [1.54, 1.807) is 6.07 Å². The van der Waals surface area contributed by atoms with Gasteiger partial charge in [-0.25, -0.2) is 4.39 Å². The Morgan fingerprint density at radius 2 is 1.97 bits per heavy atom. The standard InChI is InChI=1S/C20H22FN3O6/c1-13(20(26)22-2)23(11-14-6-4-5-7-16(14)21)19(25)12-30-15-8-9-17(24(27)28)18(10-15)29-3/h4-10,13H,11-12H2,1-3H3,(H,22,26)/t13-/m1/s1. The van der Waals surface area contributed by atoms with E-state index < -0.39 is 35.2 Å². The van der Waals surface area contributed by atoms with Crippen LogP contribution in [0.25, 0.3) is 0 Å². The van der Waals surface area contributed by atoms with Crippen LogP contribution in [0, 0.1) is 15.9 Å². The molecular weight excluding hydrogens is 397 g/mol. The van der Waals surface area contributed by atoms with E-state index >= 15 is 0 Å². The molecule has 0 aromatic heterocycles. The highest BCUT2D eigenvalue weighted by Gasteiger charge is 2.27. The molecule has 2 aromatic carbocycles. The molecule has 0 saturated heterocycles. The van der Waals surface area contributed by atoms with Crippen LogP contribution in [-0.2, 0) is 16.1 Å². The molecule has 2 rings (SSSR count). The third-order valence-electron chi connectivity index (χ3n) is 4.42. The zero-order valence-electron chi connectivity index (χ0n) is 16.8. The fraction of sp³-hybridized carbons (Fsp3) is 0.300. The van der Waals surface area contributed by atoms with Gasteiger partial charge in [0.05, 0.1) is 12.0 Å². The van der Waals surface area contributed by atoms with Crippen LogP contribution >= 0.6 is 0 Å². The number of nitrogens with zero attached hydrogens (tertiary/aromatic N) is 2. The minimum atomic E-state index is -0.878. The normalized spacial score (nSPS) is 11.3. The number of ether oxygens (including phenoxy) is 2. The second-order valence-corrected chi connectivity index (χ2v) is 6.28. The highest BCUT2D eigenvalue weighted by atomic mass is 19.1. The molecule has 30 heavy (non-hydrogen) atoms. The number of rotatable bonds is 9. The summed E-state index contributed by atoms with van der Waals surface area (Å²) in [7, 11) is 2.71. The van der Waals surface area contributed by atoms with Gasteiger partial charge in [-0.1, -0.05) is 18.2 Å². The number of nitro benzene ring substituents is 1. The number of halogens is 1. The lowest BCUT2D eigenvalue weighted by atomic mass is 10.1. The number of carbonyl (C=O) groups is 2. The summed E-state index contributed by atoms with van der Waals surface area (Å²) in [5, 5.41) is 13.4. The van der Waals surface area contributed by atoms with Crippen molar-refractivity contribution in [2.75, 3.05) is 20.8 Å². The van der Waals surface area contributed by atoms with Crippen molar-refractivity contribution in [3.8, 4) is 11.5 Å². The Kier molecular flexibility index (Phi) is 7.68. The lowest BCUT2D eigenvalue weighted by molar-refractivity contribution is -0.385. The lowest BCUT2D eigenvalue weighted by Crippen LogP contribution is -2.48. The largest absolute Gasteiger partial charge is 0.490 e. The molecule has 0 aliphatic heterocycles. The third kappa shape index (κ3) is 5.43. The number of likely N-dealkylation sites (N-methyl/N-ethyl adjacent to an activating group) is 1. The summed E-state index contributed by atoms with van der Waals surface area (Å²) in [5.74, 6) is -1.33. The summed E-state index contributed by atoms with van der Waals surface area (Å²) in [6.07, 6.45) is 0. The minimum absolute atomic E-state index is 0.0214. The number of hydrogen-bond donors (Lipinski definition) is 1. The van der Waals surface area contributed by atoms with Crippen molar-refractivity contribution in [3.05, 3.63) is 64.0 Å². The van der Waals surface area contributed by atoms with Gasteiger partial charge in [-0.2, -0.15) is 0 Å². The van der Waals surface area contributed by atoms with E-state index in [0.29, 0.717) is 0 Å². The molecule has 0 aliphatic carbocycles. The summed E-state index contributed by atoms with van der Waals surface area (Å²) < 4.78 is 24.5. The van der Waals surface area contributed by atoms with Gasteiger partial charge in [-0.3, -0.25) is 19.7 Å². The fourth-order valence-electron chi connectivity index (χ4n) is 2.73. The Bertz CT molecular complexity index is 937. The van der Waals surface area contributed by atoms with Gasteiger partial charge in [0.15, 0.2) is 6.61 Å². The van der Waals surface area contributed by atoms with E-state index in [4.69, 9.17) is 9.47 Å². The maximum atomic E-state index is 14.1. The number of hydrogen-bond acceptors (Lipinski definition) is 6. The quantitative estimate of drug-likeness (QED) is 0.493. The molecule has 2 aromatic rings. The van der Waals surface area contributed by atoms with Crippen molar-refractivity contribution in [2.24, 2.45) is 0 Å². The molecule has 9 nitrogen and oxygen atoms in total. The average Bonchev–Trinajstić information content (AvgIpc) is 2.75. The van der Waals surface area contributed by atoms with Crippen molar-refractivity contribution in [1.29, 1.82) is 0 Å². The van der Waals surface area contributed by atoms with Gasteiger partial charge in [0.2, 0.25) is 11.7 Å². The monoisotopic (exact) mass is 419 g/mol. The number of nitrogens with one attached hydrogen (secondary N) is 1. The molecule has 0 heterocycles. The molecule has 1 N–H and O–H groups in total. The van der Waals surface area contributed by atoms with E-state index in [2.05, 4.69) is 5.32 Å². The Morgan fingerprint density at radius 1 is 1.27 bits per heavy atom. The number of benzene rings is 2. The van der Waals surface area contributed by atoms with Gasteiger partial charge in [0, 0.05) is 31.3 Å². The van der Waals surface area contributed by atoms with E-state index in [9.17, 15) is 24.1 Å². The first-order chi connectivity index (χ1) is 14.3. The van der Waals surface area contributed by atoms with Crippen LogP contribution in [0.4, 0.5) is 10.1 Å². The molecule has 0 spiro atoms. The van der Waals surface area contributed by atoms with Crippen molar-refractivity contribution >= 4 is 17.5 Å². The summed E-state index contributed by atoms with van der Waals surface area (Å²) in [5.41, 5.74) is 0.00389. The van der Waals surface area contributed by atoms with Gasteiger partial charge in [-0.05, 0) is 19.1 Å². The maximum absolute atomic E-state index is 14.1. The number of amides is 2. The van der Waals surface area contributed by atoms with Gasteiger partial charge >= 0.3 is 5.69 Å². The number of methoxy groups -OCH3 is 1. The minimum Gasteiger partial charge on any atom is -0.490 e. The predicted molar refractivity (Wildman–Crippen MR) is 106 cm³/mol. The second-order valence-electron chi connectivity index (χ2n) is 6.28. The van der Waals surface area contributed by atoms with E-state index in [1.807, 2.05) is 0 Å². The number of carbonyl (C=O) groups excluding carboxylic acids is 2. The topological polar surface area (TPSA) is 111 Å². The SMILES string of the molecule is CNC(=O)[C@@H](C)N(Cc1ccccc1F)C(=O)COc1ccc([N+](=O)[O-])c(OC)c1. The van der Waals surface area contributed by atoms with Crippen molar-refractivity contribution in [1.82, 2.24) is 10.2 Å². The van der Waals surface area contributed by atoms with Gasteiger partial charge in [0.1, 0.15) is 17.6 Å². The zero-order valence-corrected chi connectivity index (χ0v) is 16.8. The average molecular weight is 419 g/mol. The predicted octanol–water partition coefficient (Wildman–Crippen LogP) is 2.28. The molecule has 160 valence electrons. The molecule has 0 unspecified atom stereocenters. The molecule has 0 bridgehead atoms. The van der Waals surface area contributed by atoms with Gasteiger partial charge < -0.3 is 19.7 Å². The smallest absolute Gasteiger partial charge is 0.311 e. The van der Waals surface area contributed by atoms with E-state index in [-0.39, 0.29) is 29.3 Å². The molecule has 10 heteroatoms. The third-order valence-corrected chi connectivity index (χ3v) is 4.42. The molecule has 0 fully saturated rings. The first kappa shape index (κ1) is 22.6. The highest BCUT2D eigenvalue weighted by Crippen LogP contribution is 2.30. The Balaban J connectivity index is 2.19. The molecular formula is C20H22FN3O6. The first-order valence-electron chi connectivity index (χ1n) is 8.98. The van der Waals surface area contributed by atoms with Gasteiger partial charge in [0.25, 0.3) is 5.91 Å². The molecule has 0 aliphatic rings. The lowest BCUT2D eigenvalue weighted by Gasteiger charge is -2.28. The summed E-state index contributed by atoms with van der Waals surface area (Å²) in [6.45, 7) is 0.927. The molecule has 1 atom stereocenters. The van der Waals surface area contributed by atoms with E-state index in [0.717, 1.165) is 0 Å². The van der Waals surface area contributed by atoms with Crippen LogP contribution in [0.5, 0.6) is 11.5 Å². The van der Waals surface area contributed by atoms with Crippen molar-refractivity contribution in [2.45, 2.75) is 19.5 Å². The van der Waals surface area contributed by atoms with Crippen LogP contribution in [0.15, 0.2) is 42.5 Å².